The summed E-state index contributed by atoms with van der Waals surface area (Å²) in [7, 11) is 0. The molecule has 0 saturated heterocycles. The summed E-state index contributed by atoms with van der Waals surface area (Å²) < 4.78 is 28.4. The molecular formula is C21H22F2N2. The third-order valence-corrected chi connectivity index (χ3v) is 4.56. The fourth-order valence-electron chi connectivity index (χ4n) is 3.18. The molecule has 0 aliphatic heterocycles. The van der Waals surface area contributed by atoms with Crippen LogP contribution in [0.2, 0.25) is 0 Å². The first-order valence-corrected chi connectivity index (χ1v) is 8.42. The van der Waals surface area contributed by atoms with Gasteiger partial charge >= 0.3 is 0 Å². The molecule has 0 unspecified atom stereocenters. The van der Waals surface area contributed by atoms with E-state index < -0.39 is 11.6 Å². The van der Waals surface area contributed by atoms with Crippen molar-refractivity contribution >= 4 is 11.4 Å². The Balaban J connectivity index is 1.99. The number of halogens is 2. The SMILES string of the molecule is C=C(c1ccccc1)c1c(NC2=CCCC(C)(C)C2)ncc(F)c1F. The molecule has 4 heteroatoms. The maximum Gasteiger partial charge on any atom is 0.177 e. The van der Waals surface area contributed by atoms with Gasteiger partial charge in [-0.2, -0.15) is 0 Å². The molecule has 0 amide bonds. The number of nitrogens with zero attached hydrogens (tertiary/aromatic N) is 1. The van der Waals surface area contributed by atoms with Crippen LogP contribution in [0.5, 0.6) is 0 Å². The van der Waals surface area contributed by atoms with Gasteiger partial charge in [0.15, 0.2) is 11.6 Å². The first kappa shape index (κ1) is 17.3. The average molecular weight is 340 g/mol. The molecule has 1 aliphatic carbocycles. The van der Waals surface area contributed by atoms with Crippen molar-refractivity contribution in [2.24, 2.45) is 5.41 Å². The lowest BCUT2D eigenvalue weighted by molar-refractivity contribution is 0.321. The fraction of sp³-hybridized carbons (Fsp3) is 0.286. The molecule has 1 N–H and O–H groups in total. The molecular weight excluding hydrogens is 318 g/mol. The number of hydrogen-bond acceptors (Lipinski definition) is 2. The Bertz CT molecular complexity index is 823. The number of aromatic nitrogens is 1. The summed E-state index contributed by atoms with van der Waals surface area (Å²) in [6.45, 7) is 8.37. The Morgan fingerprint density at radius 1 is 1.20 bits per heavy atom. The Morgan fingerprint density at radius 2 is 1.92 bits per heavy atom. The van der Waals surface area contributed by atoms with Gasteiger partial charge < -0.3 is 5.32 Å². The van der Waals surface area contributed by atoms with E-state index in [2.05, 4.69) is 36.8 Å². The number of hydrogen-bond donors (Lipinski definition) is 1. The predicted octanol–water partition coefficient (Wildman–Crippen LogP) is 5.93. The zero-order valence-corrected chi connectivity index (χ0v) is 14.6. The number of allylic oxidation sites excluding steroid dienone is 2. The standard InChI is InChI=1S/C21H22F2N2/c1-14(15-8-5-4-6-9-15)18-19(23)17(22)13-24-20(18)25-16-10-7-11-21(2,3)12-16/h4-6,8-10,13H,1,7,11-12H2,2-3H3,(H,24,25). The summed E-state index contributed by atoms with van der Waals surface area (Å²) in [5.74, 6) is -1.60. The van der Waals surface area contributed by atoms with Crippen LogP contribution < -0.4 is 5.32 Å². The van der Waals surface area contributed by atoms with Gasteiger partial charge in [-0.15, -0.1) is 0 Å². The molecule has 130 valence electrons. The molecule has 0 saturated carbocycles. The topological polar surface area (TPSA) is 24.9 Å². The van der Waals surface area contributed by atoms with Gasteiger partial charge in [0.2, 0.25) is 0 Å². The van der Waals surface area contributed by atoms with Crippen molar-refractivity contribution in [1.82, 2.24) is 4.98 Å². The van der Waals surface area contributed by atoms with E-state index in [4.69, 9.17) is 0 Å². The average Bonchev–Trinajstić information content (AvgIpc) is 2.58. The fourth-order valence-corrected chi connectivity index (χ4v) is 3.18. The maximum atomic E-state index is 14.6. The van der Waals surface area contributed by atoms with Crippen LogP contribution in [0, 0.1) is 17.0 Å². The van der Waals surface area contributed by atoms with Gasteiger partial charge in [0.25, 0.3) is 0 Å². The quantitative estimate of drug-likeness (QED) is 0.746. The number of benzene rings is 1. The van der Waals surface area contributed by atoms with Gasteiger partial charge in [-0.1, -0.05) is 56.8 Å². The zero-order chi connectivity index (χ0) is 18.0. The second-order valence-electron chi connectivity index (χ2n) is 7.22. The number of anilines is 1. The van der Waals surface area contributed by atoms with Crippen LogP contribution in [0.4, 0.5) is 14.6 Å². The van der Waals surface area contributed by atoms with Gasteiger partial charge in [-0.05, 0) is 35.8 Å². The Hall–Kier alpha value is -2.49. The van der Waals surface area contributed by atoms with E-state index in [1.807, 2.05) is 30.3 Å². The van der Waals surface area contributed by atoms with Gasteiger partial charge in [-0.3, -0.25) is 0 Å². The molecule has 1 aromatic carbocycles. The summed E-state index contributed by atoms with van der Waals surface area (Å²) in [6.07, 6.45) is 5.91. The number of nitrogens with one attached hydrogen (secondary N) is 1. The second kappa shape index (κ2) is 6.79. The Morgan fingerprint density at radius 3 is 2.60 bits per heavy atom. The monoisotopic (exact) mass is 340 g/mol. The lowest BCUT2D eigenvalue weighted by Gasteiger charge is -2.30. The van der Waals surface area contributed by atoms with Crippen molar-refractivity contribution in [2.45, 2.75) is 33.1 Å². The van der Waals surface area contributed by atoms with E-state index >= 15 is 0 Å². The van der Waals surface area contributed by atoms with E-state index in [0.29, 0.717) is 11.4 Å². The first-order valence-electron chi connectivity index (χ1n) is 8.42. The van der Waals surface area contributed by atoms with Crippen molar-refractivity contribution in [3.63, 3.8) is 0 Å². The van der Waals surface area contributed by atoms with Crippen LogP contribution in [0.25, 0.3) is 5.57 Å². The Kier molecular flexibility index (Phi) is 4.71. The third kappa shape index (κ3) is 3.78. The Labute approximate surface area is 147 Å². The smallest absolute Gasteiger partial charge is 0.177 e. The van der Waals surface area contributed by atoms with Gasteiger partial charge in [0.1, 0.15) is 5.82 Å². The van der Waals surface area contributed by atoms with E-state index in [1.165, 1.54) is 0 Å². The highest BCUT2D eigenvalue weighted by Crippen LogP contribution is 2.37. The molecule has 1 aromatic heterocycles. The summed E-state index contributed by atoms with van der Waals surface area (Å²) >= 11 is 0. The molecule has 2 aromatic rings. The minimum Gasteiger partial charge on any atom is -0.343 e. The van der Waals surface area contributed by atoms with Crippen molar-refractivity contribution in [2.75, 3.05) is 5.32 Å². The van der Waals surface area contributed by atoms with Gasteiger partial charge in [-0.25, -0.2) is 13.8 Å². The van der Waals surface area contributed by atoms with Crippen LogP contribution in [-0.2, 0) is 0 Å². The van der Waals surface area contributed by atoms with Gasteiger partial charge in [0, 0.05) is 5.70 Å². The molecule has 1 heterocycles. The van der Waals surface area contributed by atoms with E-state index in [-0.39, 0.29) is 11.0 Å². The van der Waals surface area contributed by atoms with Crippen LogP contribution in [-0.4, -0.2) is 4.98 Å². The zero-order valence-electron chi connectivity index (χ0n) is 14.6. The summed E-state index contributed by atoms with van der Waals surface area (Å²) in [6, 6.07) is 9.18. The summed E-state index contributed by atoms with van der Waals surface area (Å²) in [4.78, 5) is 4.10. The van der Waals surface area contributed by atoms with Crippen LogP contribution in [0.15, 0.2) is 54.9 Å². The summed E-state index contributed by atoms with van der Waals surface area (Å²) in [5.41, 5.74) is 2.37. The molecule has 0 atom stereocenters. The normalized spacial score (nSPS) is 16.2. The van der Waals surface area contributed by atoms with E-state index in [9.17, 15) is 8.78 Å². The largest absolute Gasteiger partial charge is 0.343 e. The molecule has 1 aliphatic rings. The molecule has 25 heavy (non-hydrogen) atoms. The van der Waals surface area contributed by atoms with E-state index in [0.717, 1.165) is 36.7 Å². The third-order valence-electron chi connectivity index (χ3n) is 4.56. The van der Waals surface area contributed by atoms with E-state index in [1.54, 1.807) is 0 Å². The highest BCUT2D eigenvalue weighted by Gasteiger charge is 2.25. The van der Waals surface area contributed by atoms with Crippen molar-refractivity contribution in [1.29, 1.82) is 0 Å². The van der Waals surface area contributed by atoms with Crippen LogP contribution >= 0.6 is 0 Å². The highest BCUT2D eigenvalue weighted by molar-refractivity contribution is 5.84. The van der Waals surface area contributed by atoms with Crippen molar-refractivity contribution in [3.05, 3.63) is 77.6 Å². The van der Waals surface area contributed by atoms with Gasteiger partial charge in [0.05, 0.1) is 11.8 Å². The number of pyridine rings is 1. The maximum absolute atomic E-state index is 14.6. The predicted molar refractivity (Wildman–Crippen MR) is 98.1 cm³/mol. The molecule has 0 fully saturated rings. The minimum atomic E-state index is -0.976. The van der Waals surface area contributed by atoms with Crippen LogP contribution in [0.1, 0.15) is 44.2 Å². The van der Waals surface area contributed by atoms with Crippen molar-refractivity contribution in [3.8, 4) is 0 Å². The minimum absolute atomic E-state index is 0.0791. The highest BCUT2D eigenvalue weighted by atomic mass is 19.2. The van der Waals surface area contributed by atoms with Crippen LogP contribution in [0.3, 0.4) is 0 Å². The molecule has 0 spiro atoms. The van der Waals surface area contributed by atoms with Crippen molar-refractivity contribution < 1.29 is 8.78 Å². The second-order valence-corrected chi connectivity index (χ2v) is 7.22. The molecule has 2 nitrogen and oxygen atoms in total. The molecule has 3 rings (SSSR count). The lowest BCUT2D eigenvalue weighted by Crippen LogP contribution is -2.20. The lowest BCUT2D eigenvalue weighted by atomic mass is 9.79. The number of rotatable bonds is 4. The first-order chi connectivity index (χ1) is 11.9. The molecule has 0 bridgehead atoms. The summed E-state index contributed by atoms with van der Waals surface area (Å²) in [5, 5.41) is 3.21. The molecule has 0 radical (unpaired) electrons.